The maximum absolute atomic E-state index is 12.5. The van der Waals surface area contributed by atoms with Gasteiger partial charge < -0.3 is 10.2 Å². The Bertz CT molecular complexity index is 395. The lowest BCUT2D eigenvalue weighted by Gasteiger charge is -2.45. The van der Waals surface area contributed by atoms with Gasteiger partial charge in [0.1, 0.15) is 12.1 Å². The molecule has 2 rings (SSSR count). The average molecular weight is 295 g/mol. The summed E-state index contributed by atoms with van der Waals surface area (Å²) in [6, 6.07) is -0.613. The van der Waals surface area contributed by atoms with E-state index in [9.17, 15) is 9.59 Å². The van der Waals surface area contributed by atoms with Crippen molar-refractivity contribution in [1.29, 1.82) is 0 Å². The largest absolute Gasteiger partial charge is 0.342 e. The van der Waals surface area contributed by atoms with Gasteiger partial charge in [-0.3, -0.25) is 14.5 Å². The first-order valence-corrected chi connectivity index (χ1v) is 8.21. The third-order valence-electron chi connectivity index (χ3n) is 4.39. The first-order chi connectivity index (χ1) is 9.88. The van der Waals surface area contributed by atoms with Gasteiger partial charge in [0.2, 0.25) is 11.8 Å². The molecule has 0 aromatic heterocycles. The second-order valence-corrected chi connectivity index (χ2v) is 7.22. The number of carbonyl (C=O) groups is 2. The number of rotatable bonds is 5. The van der Waals surface area contributed by atoms with Crippen LogP contribution in [0.4, 0.5) is 0 Å². The molecule has 2 atom stereocenters. The van der Waals surface area contributed by atoms with E-state index in [4.69, 9.17) is 0 Å². The molecule has 5 heteroatoms. The molecule has 0 saturated carbocycles. The molecule has 2 amide bonds. The van der Waals surface area contributed by atoms with Crippen molar-refractivity contribution in [1.82, 2.24) is 15.1 Å². The van der Waals surface area contributed by atoms with Gasteiger partial charge in [0.05, 0.1) is 0 Å². The van der Waals surface area contributed by atoms with E-state index in [1.54, 1.807) is 4.90 Å². The van der Waals surface area contributed by atoms with Gasteiger partial charge in [-0.1, -0.05) is 27.7 Å². The van der Waals surface area contributed by atoms with Crippen LogP contribution >= 0.6 is 0 Å². The number of carbonyl (C=O) groups excluding carboxylic acids is 2. The van der Waals surface area contributed by atoms with E-state index in [0.717, 1.165) is 25.9 Å². The van der Waals surface area contributed by atoms with Crippen molar-refractivity contribution in [2.45, 2.75) is 52.6 Å². The SMILES string of the molecule is CC(C)CCN1CCN2C(=O)[C@@H](CC(C)C)NC(=O)[C@H]2C1. The molecule has 2 fully saturated rings. The fourth-order valence-electron chi connectivity index (χ4n) is 3.13. The van der Waals surface area contributed by atoms with Gasteiger partial charge in [0.15, 0.2) is 0 Å². The van der Waals surface area contributed by atoms with Crippen LogP contribution in [0.15, 0.2) is 0 Å². The quantitative estimate of drug-likeness (QED) is 0.826. The lowest BCUT2D eigenvalue weighted by Crippen LogP contribution is -2.69. The first-order valence-electron chi connectivity index (χ1n) is 8.21. The molecule has 0 radical (unpaired) electrons. The highest BCUT2D eigenvalue weighted by Crippen LogP contribution is 2.20. The topological polar surface area (TPSA) is 52.6 Å². The number of nitrogens with one attached hydrogen (secondary N) is 1. The second kappa shape index (κ2) is 6.77. The molecule has 0 aromatic carbocycles. The van der Waals surface area contributed by atoms with Crippen molar-refractivity contribution in [2.75, 3.05) is 26.2 Å². The second-order valence-electron chi connectivity index (χ2n) is 7.22. The van der Waals surface area contributed by atoms with Gasteiger partial charge in [0.25, 0.3) is 0 Å². The Morgan fingerprint density at radius 3 is 2.48 bits per heavy atom. The van der Waals surface area contributed by atoms with Crippen LogP contribution in [0, 0.1) is 11.8 Å². The molecule has 0 spiro atoms. The predicted octanol–water partition coefficient (Wildman–Crippen LogP) is 1.09. The van der Waals surface area contributed by atoms with E-state index >= 15 is 0 Å². The Hall–Kier alpha value is -1.10. The van der Waals surface area contributed by atoms with Crippen molar-refractivity contribution in [3.63, 3.8) is 0 Å². The molecule has 2 saturated heterocycles. The first kappa shape index (κ1) is 16.3. The van der Waals surface area contributed by atoms with Crippen LogP contribution in [0.5, 0.6) is 0 Å². The molecule has 5 nitrogen and oxygen atoms in total. The standard InChI is InChI=1S/C16H29N3O2/c1-11(2)5-6-18-7-8-19-14(10-18)15(20)17-13(16(19)21)9-12(3)4/h11-14H,5-10H2,1-4H3,(H,17,20)/t13-,14-/m1/s1. The van der Waals surface area contributed by atoms with Crippen LogP contribution in [0.1, 0.15) is 40.5 Å². The van der Waals surface area contributed by atoms with Crippen molar-refractivity contribution >= 4 is 11.8 Å². The summed E-state index contributed by atoms with van der Waals surface area (Å²) in [4.78, 5) is 28.9. The number of hydrogen-bond donors (Lipinski definition) is 1. The van der Waals surface area contributed by atoms with Gasteiger partial charge in [-0.2, -0.15) is 0 Å². The van der Waals surface area contributed by atoms with Crippen LogP contribution in [0.3, 0.4) is 0 Å². The number of nitrogens with zero attached hydrogens (tertiary/aromatic N) is 2. The van der Waals surface area contributed by atoms with E-state index in [0.29, 0.717) is 24.9 Å². The normalized spacial score (nSPS) is 27.2. The molecule has 0 bridgehead atoms. The molecule has 2 heterocycles. The van der Waals surface area contributed by atoms with Crippen LogP contribution in [-0.2, 0) is 9.59 Å². The van der Waals surface area contributed by atoms with Gasteiger partial charge in [0, 0.05) is 19.6 Å². The Morgan fingerprint density at radius 1 is 1.14 bits per heavy atom. The predicted molar refractivity (Wildman–Crippen MR) is 82.8 cm³/mol. The third-order valence-corrected chi connectivity index (χ3v) is 4.39. The van der Waals surface area contributed by atoms with E-state index in [-0.39, 0.29) is 23.9 Å². The van der Waals surface area contributed by atoms with E-state index in [1.165, 1.54) is 0 Å². The molecule has 120 valence electrons. The maximum Gasteiger partial charge on any atom is 0.245 e. The molecule has 0 aromatic rings. The lowest BCUT2D eigenvalue weighted by molar-refractivity contribution is -0.153. The highest BCUT2D eigenvalue weighted by molar-refractivity contribution is 5.97. The molecule has 1 N–H and O–H groups in total. The van der Waals surface area contributed by atoms with Crippen LogP contribution < -0.4 is 5.32 Å². The molecule has 21 heavy (non-hydrogen) atoms. The Morgan fingerprint density at radius 2 is 1.86 bits per heavy atom. The summed E-state index contributed by atoms with van der Waals surface area (Å²) in [5.41, 5.74) is 0. The van der Waals surface area contributed by atoms with E-state index in [2.05, 4.69) is 37.9 Å². The smallest absolute Gasteiger partial charge is 0.245 e. The van der Waals surface area contributed by atoms with Gasteiger partial charge in [-0.15, -0.1) is 0 Å². The molecular weight excluding hydrogens is 266 g/mol. The molecular formula is C16H29N3O2. The summed E-state index contributed by atoms with van der Waals surface area (Å²) >= 11 is 0. The maximum atomic E-state index is 12.5. The summed E-state index contributed by atoms with van der Waals surface area (Å²) in [6.07, 6.45) is 1.86. The lowest BCUT2D eigenvalue weighted by atomic mass is 9.97. The number of piperazine rings is 2. The summed E-state index contributed by atoms with van der Waals surface area (Å²) in [6.45, 7) is 11.8. The Balaban J connectivity index is 1.96. The van der Waals surface area contributed by atoms with Crippen molar-refractivity contribution in [3.05, 3.63) is 0 Å². The van der Waals surface area contributed by atoms with E-state index in [1.807, 2.05) is 0 Å². The third kappa shape index (κ3) is 3.96. The summed E-state index contributed by atoms with van der Waals surface area (Å²) in [5, 5.41) is 2.93. The molecule has 0 aliphatic carbocycles. The summed E-state index contributed by atoms with van der Waals surface area (Å²) in [5.74, 6) is 1.20. The fourth-order valence-corrected chi connectivity index (χ4v) is 3.13. The zero-order chi connectivity index (χ0) is 15.6. The minimum absolute atomic E-state index is 0.0227. The van der Waals surface area contributed by atoms with E-state index < -0.39 is 0 Å². The minimum atomic E-state index is -0.323. The summed E-state index contributed by atoms with van der Waals surface area (Å²) in [7, 11) is 0. The monoisotopic (exact) mass is 295 g/mol. The highest BCUT2D eigenvalue weighted by Gasteiger charge is 2.43. The van der Waals surface area contributed by atoms with Crippen molar-refractivity contribution in [3.8, 4) is 0 Å². The van der Waals surface area contributed by atoms with Crippen LogP contribution in [-0.4, -0.2) is 59.9 Å². The molecule has 0 unspecified atom stereocenters. The van der Waals surface area contributed by atoms with Crippen molar-refractivity contribution in [2.24, 2.45) is 11.8 Å². The van der Waals surface area contributed by atoms with Crippen LogP contribution in [0.2, 0.25) is 0 Å². The average Bonchev–Trinajstić information content (AvgIpc) is 2.41. The Labute approximate surface area is 128 Å². The Kier molecular flexibility index (Phi) is 5.25. The molecule has 2 aliphatic heterocycles. The summed E-state index contributed by atoms with van der Waals surface area (Å²) < 4.78 is 0. The number of amides is 2. The highest BCUT2D eigenvalue weighted by atomic mass is 16.2. The van der Waals surface area contributed by atoms with Gasteiger partial charge >= 0.3 is 0 Å². The zero-order valence-electron chi connectivity index (χ0n) is 13.8. The van der Waals surface area contributed by atoms with Gasteiger partial charge in [-0.05, 0) is 31.2 Å². The van der Waals surface area contributed by atoms with Crippen molar-refractivity contribution < 1.29 is 9.59 Å². The number of fused-ring (bicyclic) bond motifs is 1. The zero-order valence-corrected chi connectivity index (χ0v) is 13.8. The number of hydrogen-bond acceptors (Lipinski definition) is 3. The minimum Gasteiger partial charge on any atom is -0.342 e. The van der Waals surface area contributed by atoms with Crippen LogP contribution in [0.25, 0.3) is 0 Å². The van der Waals surface area contributed by atoms with Gasteiger partial charge in [-0.25, -0.2) is 0 Å². The molecule has 2 aliphatic rings. The fraction of sp³-hybridized carbons (Fsp3) is 0.875.